The van der Waals surface area contributed by atoms with Crippen molar-refractivity contribution in [1.82, 2.24) is 5.32 Å². The molecule has 1 amide bonds. The average Bonchev–Trinajstić information content (AvgIpc) is 2.71. The minimum absolute atomic E-state index is 0.00979. The SMILES string of the molecule is CC(C)(C)OC(=O)NC(CF)c1cccc(B2OC(C)(C)C(C)(C)O2)c1F. The Hall–Kier alpha value is -1.67. The number of amides is 1. The Balaban J connectivity index is 2.26. The molecule has 8 heteroatoms. The lowest BCUT2D eigenvalue weighted by molar-refractivity contribution is 0.00578. The monoisotopic (exact) mass is 383 g/mol. The first-order valence-electron chi connectivity index (χ1n) is 8.97. The van der Waals surface area contributed by atoms with Crippen molar-refractivity contribution in [3.8, 4) is 0 Å². The van der Waals surface area contributed by atoms with Gasteiger partial charge in [0, 0.05) is 11.0 Å². The van der Waals surface area contributed by atoms with E-state index in [0.29, 0.717) is 0 Å². The van der Waals surface area contributed by atoms with Crippen LogP contribution in [0.3, 0.4) is 0 Å². The Bertz CT molecular complexity index is 687. The standard InChI is InChI=1S/C19H28BF2NO4/c1-17(2,3)25-16(24)23-14(11-21)12-9-8-10-13(15(12)22)20-26-18(4,5)19(6,7)27-20/h8-10,14H,11H2,1-7H3,(H,23,24). The van der Waals surface area contributed by atoms with Gasteiger partial charge in [-0.15, -0.1) is 0 Å². The van der Waals surface area contributed by atoms with Crippen LogP contribution in [0.1, 0.15) is 60.1 Å². The third-order valence-electron chi connectivity index (χ3n) is 4.79. The summed E-state index contributed by atoms with van der Waals surface area (Å²) in [5, 5.41) is 2.37. The molecule has 1 aliphatic heterocycles. The van der Waals surface area contributed by atoms with E-state index in [1.165, 1.54) is 12.1 Å². The van der Waals surface area contributed by atoms with Gasteiger partial charge in [0.15, 0.2) is 0 Å². The number of halogens is 2. The minimum atomic E-state index is -1.18. The molecule has 0 aliphatic carbocycles. The first-order valence-corrected chi connectivity index (χ1v) is 8.97. The van der Waals surface area contributed by atoms with E-state index in [0.717, 1.165) is 0 Å². The minimum Gasteiger partial charge on any atom is -0.444 e. The molecule has 0 aromatic heterocycles. The fourth-order valence-electron chi connectivity index (χ4n) is 2.64. The number of alkyl halides is 1. The number of hydrogen-bond acceptors (Lipinski definition) is 4. The lowest BCUT2D eigenvalue weighted by atomic mass is 9.77. The van der Waals surface area contributed by atoms with Crippen molar-refractivity contribution in [3.05, 3.63) is 29.6 Å². The molecule has 5 nitrogen and oxygen atoms in total. The second-order valence-corrected chi connectivity index (χ2v) is 8.69. The van der Waals surface area contributed by atoms with Crippen LogP contribution in [0.4, 0.5) is 13.6 Å². The van der Waals surface area contributed by atoms with Crippen LogP contribution in [0.5, 0.6) is 0 Å². The molecule has 1 aromatic rings. The molecule has 0 saturated carbocycles. The van der Waals surface area contributed by atoms with Crippen LogP contribution in [0, 0.1) is 5.82 Å². The molecule has 1 N–H and O–H groups in total. The fourth-order valence-corrected chi connectivity index (χ4v) is 2.64. The lowest BCUT2D eigenvalue weighted by Gasteiger charge is -2.32. The largest absolute Gasteiger partial charge is 0.497 e. The number of carbonyl (C=O) groups is 1. The predicted molar refractivity (Wildman–Crippen MR) is 100 cm³/mol. The summed E-state index contributed by atoms with van der Waals surface area (Å²) in [6.45, 7) is 11.5. The van der Waals surface area contributed by atoms with Crippen LogP contribution in [0.25, 0.3) is 0 Å². The molecular formula is C19H28BF2NO4. The zero-order chi connectivity index (χ0) is 20.6. The van der Waals surface area contributed by atoms with Crippen LogP contribution < -0.4 is 10.8 Å². The lowest BCUT2D eigenvalue weighted by Crippen LogP contribution is -2.41. The summed E-state index contributed by atoms with van der Waals surface area (Å²) in [6, 6.07) is 3.36. The number of hydrogen-bond donors (Lipinski definition) is 1. The number of rotatable bonds is 4. The summed E-state index contributed by atoms with van der Waals surface area (Å²) in [7, 11) is -0.920. The van der Waals surface area contributed by atoms with Gasteiger partial charge in [-0.2, -0.15) is 0 Å². The van der Waals surface area contributed by atoms with Gasteiger partial charge in [0.2, 0.25) is 0 Å². The topological polar surface area (TPSA) is 56.8 Å². The van der Waals surface area contributed by atoms with Crippen molar-refractivity contribution in [3.63, 3.8) is 0 Å². The predicted octanol–water partition coefficient (Wildman–Crippen LogP) is 3.66. The van der Waals surface area contributed by atoms with E-state index >= 15 is 4.39 Å². The highest BCUT2D eigenvalue weighted by molar-refractivity contribution is 6.62. The zero-order valence-electron chi connectivity index (χ0n) is 17.0. The average molecular weight is 383 g/mol. The van der Waals surface area contributed by atoms with Crippen LogP contribution in [0.2, 0.25) is 0 Å². The highest BCUT2D eigenvalue weighted by Gasteiger charge is 2.52. The third-order valence-corrected chi connectivity index (χ3v) is 4.79. The van der Waals surface area contributed by atoms with Gasteiger partial charge in [0.05, 0.1) is 17.2 Å². The molecule has 1 heterocycles. The molecule has 0 bridgehead atoms. The van der Waals surface area contributed by atoms with E-state index < -0.39 is 48.5 Å². The smallest absolute Gasteiger partial charge is 0.444 e. The number of ether oxygens (including phenoxy) is 1. The Labute approximate surface area is 159 Å². The van der Waals surface area contributed by atoms with Gasteiger partial charge >= 0.3 is 13.2 Å². The maximum Gasteiger partial charge on any atom is 0.497 e. The van der Waals surface area contributed by atoms with Gasteiger partial charge in [-0.25, -0.2) is 13.6 Å². The maximum atomic E-state index is 15.1. The van der Waals surface area contributed by atoms with Gasteiger partial charge in [-0.05, 0) is 48.5 Å². The Morgan fingerprint density at radius 3 is 2.26 bits per heavy atom. The first-order chi connectivity index (χ1) is 12.3. The van der Waals surface area contributed by atoms with Crippen molar-refractivity contribution in [2.75, 3.05) is 6.67 Å². The third kappa shape index (κ3) is 4.79. The quantitative estimate of drug-likeness (QED) is 0.807. The van der Waals surface area contributed by atoms with E-state index in [9.17, 15) is 9.18 Å². The second kappa shape index (κ2) is 7.39. The summed E-state index contributed by atoms with van der Waals surface area (Å²) < 4.78 is 45.6. The van der Waals surface area contributed by atoms with Gasteiger partial charge in [-0.1, -0.05) is 18.2 Å². The molecule has 0 spiro atoms. The molecule has 0 radical (unpaired) electrons. The second-order valence-electron chi connectivity index (χ2n) is 8.69. The summed E-state index contributed by atoms with van der Waals surface area (Å²) in [4.78, 5) is 12.0. The van der Waals surface area contributed by atoms with Crippen LogP contribution >= 0.6 is 0 Å². The number of nitrogens with one attached hydrogen (secondary N) is 1. The van der Waals surface area contributed by atoms with Crippen molar-refractivity contribution in [2.24, 2.45) is 0 Å². The molecule has 2 rings (SSSR count). The highest BCUT2D eigenvalue weighted by atomic mass is 19.1. The maximum absolute atomic E-state index is 15.1. The molecule has 1 aliphatic rings. The van der Waals surface area contributed by atoms with Crippen molar-refractivity contribution in [1.29, 1.82) is 0 Å². The molecule has 1 atom stereocenters. The molecule has 150 valence electrons. The molecule has 1 aromatic carbocycles. The summed E-state index contributed by atoms with van der Waals surface area (Å²) in [5.41, 5.74) is -1.83. The van der Waals surface area contributed by atoms with E-state index in [4.69, 9.17) is 14.0 Å². The van der Waals surface area contributed by atoms with Gasteiger partial charge < -0.3 is 19.4 Å². The zero-order valence-corrected chi connectivity index (χ0v) is 17.0. The first kappa shape index (κ1) is 21.6. The molecular weight excluding hydrogens is 355 g/mol. The highest BCUT2D eigenvalue weighted by Crippen LogP contribution is 2.36. The van der Waals surface area contributed by atoms with Crippen molar-refractivity contribution in [2.45, 2.75) is 71.3 Å². The van der Waals surface area contributed by atoms with Gasteiger partial charge in [0.1, 0.15) is 18.1 Å². The van der Waals surface area contributed by atoms with E-state index in [1.54, 1.807) is 26.8 Å². The molecule has 1 fully saturated rings. The molecule has 1 saturated heterocycles. The Morgan fingerprint density at radius 1 is 1.22 bits per heavy atom. The molecule has 27 heavy (non-hydrogen) atoms. The van der Waals surface area contributed by atoms with E-state index in [-0.39, 0.29) is 11.0 Å². The normalized spacial score (nSPS) is 19.7. The van der Waals surface area contributed by atoms with Crippen molar-refractivity contribution < 1.29 is 27.6 Å². The van der Waals surface area contributed by atoms with Crippen LogP contribution in [-0.4, -0.2) is 36.7 Å². The number of alkyl carbamates (subject to hydrolysis) is 1. The van der Waals surface area contributed by atoms with Gasteiger partial charge in [0.25, 0.3) is 0 Å². The van der Waals surface area contributed by atoms with Crippen LogP contribution in [-0.2, 0) is 14.0 Å². The van der Waals surface area contributed by atoms with E-state index in [2.05, 4.69) is 5.32 Å². The van der Waals surface area contributed by atoms with Gasteiger partial charge in [-0.3, -0.25) is 0 Å². The van der Waals surface area contributed by atoms with Crippen LogP contribution in [0.15, 0.2) is 18.2 Å². The number of carbonyl (C=O) groups excluding carboxylic acids is 1. The summed E-state index contributed by atoms with van der Waals surface area (Å²) in [5.74, 6) is -0.672. The van der Waals surface area contributed by atoms with Crippen molar-refractivity contribution >= 4 is 18.7 Å². The molecule has 1 unspecified atom stereocenters. The Kier molecular flexibility index (Phi) is 5.92. The summed E-state index contributed by atoms with van der Waals surface area (Å²) in [6.07, 6.45) is -0.814. The summed E-state index contributed by atoms with van der Waals surface area (Å²) >= 11 is 0. The Morgan fingerprint density at radius 2 is 1.78 bits per heavy atom. The fraction of sp³-hybridized carbons (Fsp3) is 0.632. The number of benzene rings is 1. The van der Waals surface area contributed by atoms with E-state index in [1.807, 2.05) is 27.7 Å².